The van der Waals surface area contributed by atoms with Crippen LogP contribution in [0.3, 0.4) is 0 Å². The Labute approximate surface area is 251 Å². The molecule has 0 heterocycles. The lowest BCUT2D eigenvalue weighted by atomic mass is 9.86. The van der Waals surface area contributed by atoms with Gasteiger partial charge in [-0.1, -0.05) is 93.6 Å². The molecule has 3 atom stereocenters. The van der Waals surface area contributed by atoms with Crippen LogP contribution in [0, 0.1) is 17.3 Å². The summed E-state index contributed by atoms with van der Waals surface area (Å²) in [5, 5.41) is 12.6. The van der Waals surface area contributed by atoms with E-state index in [2.05, 4.69) is 18.5 Å². The summed E-state index contributed by atoms with van der Waals surface area (Å²) in [5.74, 6) is -1.79. The number of ether oxygens (including phenoxy) is 1. The second-order valence-electron chi connectivity index (χ2n) is 11.8. The fourth-order valence-electron chi connectivity index (χ4n) is 4.64. The minimum atomic E-state index is -0.647. The topological polar surface area (TPSA) is 95.9 Å². The Morgan fingerprint density at radius 1 is 0.952 bits per heavy atom. The Balaban J connectivity index is 2.09. The normalized spacial score (nSPS) is 13.3. The molecule has 2 aromatic rings. The van der Waals surface area contributed by atoms with Crippen molar-refractivity contribution in [2.45, 2.75) is 65.5 Å². The van der Waals surface area contributed by atoms with Crippen molar-refractivity contribution in [3.63, 3.8) is 0 Å². The van der Waals surface area contributed by atoms with Gasteiger partial charge in [-0.25, -0.2) is 0 Å². The molecule has 2 aromatic carbocycles. The SMILES string of the molecule is C=CCCC(Cc1ccccc1)C(=O)OCC(NC(=O)C(CC=C)CC(=O)N(CCO)Cc1ccccc1)C(C)(C)C. The number of carbonyl (C=O) groups is 3. The van der Waals surface area contributed by atoms with Crippen LogP contribution in [0.5, 0.6) is 0 Å². The van der Waals surface area contributed by atoms with Gasteiger partial charge in [0.2, 0.25) is 11.8 Å². The van der Waals surface area contributed by atoms with E-state index in [9.17, 15) is 19.5 Å². The van der Waals surface area contributed by atoms with Crippen LogP contribution >= 0.6 is 0 Å². The largest absolute Gasteiger partial charge is 0.463 e. The average Bonchev–Trinajstić information content (AvgIpc) is 2.97. The zero-order valence-electron chi connectivity index (χ0n) is 25.5. The number of allylic oxidation sites excluding steroid dienone is 2. The van der Waals surface area contributed by atoms with Gasteiger partial charge < -0.3 is 20.1 Å². The molecule has 0 radical (unpaired) electrons. The van der Waals surface area contributed by atoms with E-state index in [-0.39, 0.29) is 49.9 Å². The molecule has 0 aliphatic heterocycles. The van der Waals surface area contributed by atoms with Gasteiger partial charge in [0.05, 0.1) is 24.5 Å². The highest BCUT2D eigenvalue weighted by Gasteiger charge is 2.32. The van der Waals surface area contributed by atoms with Crippen molar-refractivity contribution in [1.82, 2.24) is 10.2 Å². The monoisotopic (exact) mass is 576 g/mol. The lowest BCUT2D eigenvalue weighted by Crippen LogP contribution is -2.50. The van der Waals surface area contributed by atoms with E-state index in [1.807, 2.05) is 81.4 Å². The standard InChI is InChI=1S/C35H48N2O5/c1-6-8-20-30(23-27-16-11-9-12-17-27)34(41)42-26-31(35(3,4)5)36-33(40)29(15-7-2)24-32(39)37(21-22-38)25-28-18-13-10-14-19-28/h6-7,9-14,16-19,29-31,38H,1-2,8,15,20-26H2,3-5H3,(H,36,40). The van der Waals surface area contributed by atoms with Crippen LogP contribution in [-0.2, 0) is 32.1 Å². The molecule has 0 spiro atoms. The van der Waals surface area contributed by atoms with Crippen LogP contribution in [0.2, 0.25) is 0 Å². The maximum atomic E-state index is 13.5. The fourth-order valence-corrected chi connectivity index (χ4v) is 4.64. The maximum absolute atomic E-state index is 13.5. The minimum absolute atomic E-state index is 0.0207. The maximum Gasteiger partial charge on any atom is 0.309 e. The van der Waals surface area contributed by atoms with Gasteiger partial charge in [0.15, 0.2) is 0 Å². The summed E-state index contributed by atoms with van der Waals surface area (Å²) < 4.78 is 5.81. The molecule has 42 heavy (non-hydrogen) atoms. The quantitative estimate of drug-likeness (QED) is 0.181. The third-order valence-corrected chi connectivity index (χ3v) is 7.31. The van der Waals surface area contributed by atoms with Crippen molar-refractivity contribution in [2.24, 2.45) is 17.3 Å². The third-order valence-electron chi connectivity index (χ3n) is 7.31. The summed E-state index contributed by atoms with van der Waals surface area (Å²) >= 11 is 0. The zero-order valence-corrected chi connectivity index (χ0v) is 25.5. The van der Waals surface area contributed by atoms with Crippen LogP contribution in [-0.4, -0.2) is 53.6 Å². The number of hydrogen-bond donors (Lipinski definition) is 2. The van der Waals surface area contributed by atoms with Crippen LogP contribution in [0.15, 0.2) is 86.0 Å². The molecule has 0 bridgehead atoms. The Morgan fingerprint density at radius 2 is 1.57 bits per heavy atom. The number of nitrogens with zero attached hydrogens (tertiary/aromatic N) is 1. The summed E-state index contributed by atoms with van der Waals surface area (Å²) in [6.45, 7) is 13.9. The first kappa shape index (κ1) is 34.5. The predicted octanol–water partition coefficient (Wildman–Crippen LogP) is 5.49. The van der Waals surface area contributed by atoms with Crippen molar-refractivity contribution in [3.8, 4) is 0 Å². The van der Waals surface area contributed by atoms with Gasteiger partial charge in [-0.3, -0.25) is 14.4 Å². The molecule has 0 saturated carbocycles. The number of amides is 2. The highest BCUT2D eigenvalue weighted by Crippen LogP contribution is 2.23. The number of aliphatic hydroxyl groups excluding tert-OH is 1. The summed E-state index contributed by atoms with van der Waals surface area (Å²) in [4.78, 5) is 41.5. The molecular weight excluding hydrogens is 528 g/mol. The smallest absolute Gasteiger partial charge is 0.309 e. The first-order valence-corrected chi connectivity index (χ1v) is 14.7. The van der Waals surface area contributed by atoms with Crippen molar-refractivity contribution >= 4 is 17.8 Å². The van der Waals surface area contributed by atoms with Crippen molar-refractivity contribution < 1.29 is 24.2 Å². The van der Waals surface area contributed by atoms with E-state index in [1.54, 1.807) is 17.1 Å². The van der Waals surface area contributed by atoms with Gasteiger partial charge in [-0.15, -0.1) is 13.2 Å². The van der Waals surface area contributed by atoms with Crippen LogP contribution in [0.1, 0.15) is 57.6 Å². The molecule has 2 amide bonds. The summed E-state index contributed by atoms with van der Waals surface area (Å²) in [5.41, 5.74) is 1.59. The predicted molar refractivity (Wildman–Crippen MR) is 167 cm³/mol. The molecular formula is C35H48N2O5. The van der Waals surface area contributed by atoms with Gasteiger partial charge in [-0.2, -0.15) is 0 Å². The second kappa shape index (κ2) is 18.0. The van der Waals surface area contributed by atoms with Gasteiger partial charge in [0.25, 0.3) is 0 Å². The molecule has 2 rings (SSSR count). The van der Waals surface area contributed by atoms with E-state index in [0.717, 1.165) is 11.1 Å². The van der Waals surface area contributed by atoms with Crippen molar-refractivity contribution in [3.05, 3.63) is 97.1 Å². The number of carbonyl (C=O) groups excluding carboxylic acids is 3. The first-order valence-electron chi connectivity index (χ1n) is 14.7. The number of esters is 1. The zero-order chi connectivity index (χ0) is 31.0. The van der Waals surface area contributed by atoms with Crippen LogP contribution < -0.4 is 5.32 Å². The van der Waals surface area contributed by atoms with Crippen LogP contribution in [0.4, 0.5) is 0 Å². The lowest BCUT2D eigenvalue weighted by Gasteiger charge is -2.33. The Bertz CT molecular complexity index is 1130. The molecule has 0 aliphatic carbocycles. The molecule has 7 heteroatoms. The molecule has 228 valence electrons. The Hall–Kier alpha value is -3.71. The number of rotatable bonds is 18. The van der Waals surface area contributed by atoms with Crippen molar-refractivity contribution in [1.29, 1.82) is 0 Å². The summed E-state index contributed by atoms with van der Waals surface area (Å²) in [6.07, 6.45) is 5.60. The van der Waals surface area contributed by atoms with E-state index in [1.165, 1.54) is 0 Å². The lowest BCUT2D eigenvalue weighted by molar-refractivity contribution is -0.151. The number of benzene rings is 2. The van der Waals surface area contributed by atoms with Crippen molar-refractivity contribution in [2.75, 3.05) is 19.8 Å². The van der Waals surface area contributed by atoms with Gasteiger partial charge in [-0.05, 0) is 42.2 Å². The average molecular weight is 577 g/mol. The fraction of sp³-hybridized carbons (Fsp3) is 0.457. The highest BCUT2D eigenvalue weighted by molar-refractivity contribution is 5.86. The van der Waals surface area contributed by atoms with Crippen LogP contribution in [0.25, 0.3) is 0 Å². The number of aliphatic hydroxyl groups is 1. The van der Waals surface area contributed by atoms with Gasteiger partial charge in [0.1, 0.15) is 6.61 Å². The Morgan fingerprint density at radius 3 is 2.12 bits per heavy atom. The highest BCUT2D eigenvalue weighted by atomic mass is 16.5. The van der Waals surface area contributed by atoms with E-state index in [0.29, 0.717) is 32.2 Å². The van der Waals surface area contributed by atoms with E-state index < -0.39 is 17.4 Å². The second-order valence-corrected chi connectivity index (χ2v) is 11.8. The molecule has 7 nitrogen and oxygen atoms in total. The molecule has 2 N–H and O–H groups in total. The number of hydrogen-bond acceptors (Lipinski definition) is 5. The molecule has 0 fully saturated rings. The summed E-state index contributed by atoms with van der Waals surface area (Å²) in [6, 6.07) is 18.9. The molecule has 0 saturated heterocycles. The minimum Gasteiger partial charge on any atom is -0.463 e. The molecule has 0 aliphatic rings. The van der Waals surface area contributed by atoms with Gasteiger partial charge >= 0.3 is 5.97 Å². The third kappa shape index (κ3) is 12.0. The van der Waals surface area contributed by atoms with E-state index >= 15 is 0 Å². The Kier molecular flexibility index (Phi) is 14.7. The first-order chi connectivity index (χ1) is 20.1. The van der Waals surface area contributed by atoms with E-state index in [4.69, 9.17) is 4.74 Å². The molecule has 3 unspecified atom stereocenters. The summed E-state index contributed by atoms with van der Waals surface area (Å²) in [7, 11) is 0. The van der Waals surface area contributed by atoms with Gasteiger partial charge in [0, 0.05) is 19.5 Å². The number of nitrogens with one attached hydrogen (secondary N) is 1. The molecule has 0 aromatic heterocycles.